The molecule has 0 spiro atoms. The average molecular weight is 343 g/mol. The van der Waals surface area contributed by atoms with E-state index in [0.29, 0.717) is 16.7 Å². The highest BCUT2D eigenvalue weighted by atomic mass is 16.2. The Hall–Kier alpha value is -3.47. The Bertz CT molecular complexity index is 1210. The first kappa shape index (κ1) is 16.0. The van der Waals surface area contributed by atoms with E-state index < -0.39 is 5.69 Å². The van der Waals surface area contributed by atoms with E-state index in [-0.39, 0.29) is 12.1 Å². The molecule has 0 aliphatic carbocycles. The summed E-state index contributed by atoms with van der Waals surface area (Å²) in [4.78, 5) is 30.4. The van der Waals surface area contributed by atoms with Crippen LogP contribution in [-0.2, 0) is 6.54 Å². The maximum absolute atomic E-state index is 13.2. The fourth-order valence-corrected chi connectivity index (χ4v) is 3.13. The van der Waals surface area contributed by atoms with E-state index in [1.165, 1.54) is 9.13 Å². The van der Waals surface area contributed by atoms with Crippen LogP contribution in [-0.4, -0.2) is 14.1 Å². The van der Waals surface area contributed by atoms with Crippen LogP contribution < -0.4 is 11.2 Å². The predicted octanol–water partition coefficient (Wildman–Crippen LogP) is 2.90. The number of hydrogen-bond acceptors (Lipinski definition) is 3. The van der Waals surface area contributed by atoms with Crippen LogP contribution in [0.1, 0.15) is 11.1 Å². The van der Waals surface area contributed by atoms with E-state index in [1.807, 2.05) is 61.5 Å². The molecule has 0 unspecified atom stereocenters. The molecular weight excluding hydrogens is 326 g/mol. The van der Waals surface area contributed by atoms with E-state index in [0.717, 1.165) is 11.1 Å². The molecule has 5 heteroatoms. The molecule has 0 atom stereocenters. The summed E-state index contributed by atoms with van der Waals surface area (Å²) in [6, 6.07) is 20.5. The van der Waals surface area contributed by atoms with E-state index in [1.54, 1.807) is 18.3 Å². The highest BCUT2D eigenvalue weighted by Gasteiger charge is 2.15. The molecule has 4 aromatic rings. The van der Waals surface area contributed by atoms with Crippen molar-refractivity contribution in [1.82, 2.24) is 14.1 Å². The summed E-state index contributed by atoms with van der Waals surface area (Å²) in [6.45, 7) is 2.20. The van der Waals surface area contributed by atoms with Crippen molar-refractivity contribution in [2.45, 2.75) is 13.5 Å². The van der Waals surface area contributed by atoms with Crippen molar-refractivity contribution in [2.75, 3.05) is 0 Å². The molecule has 0 amide bonds. The number of benzene rings is 2. The van der Waals surface area contributed by atoms with Gasteiger partial charge in [-0.05, 0) is 36.8 Å². The summed E-state index contributed by atoms with van der Waals surface area (Å²) in [6.07, 6.45) is 1.59. The second-order valence-corrected chi connectivity index (χ2v) is 6.21. The van der Waals surface area contributed by atoms with Gasteiger partial charge in [0.1, 0.15) is 0 Å². The van der Waals surface area contributed by atoms with Gasteiger partial charge in [-0.3, -0.25) is 9.36 Å². The SMILES string of the molecule is Cc1cccc(Cn2c(=O)c3cccnc3n(-c3ccccc3)c2=O)c1. The maximum atomic E-state index is 13.2. The normalized spacial score (nSPS) is 11.0. The van der Waals surface area contributed by atoms with Gasteiger partial charge < -0.3 is 0 Å². The van der Waals surface area contributed by atoms with Gasteiger partial charge in [0.15, 0.2) is 5.65 Å². The van der Waals surface area contributed by atoms with Gasteiger partial charge in [0.2, 0.25) is 0 Å². The molecule has 5 nitrogen and oxygen atoms in total. The molecule has 0 saturated carbocycles. The molecule has 0 aliphatic heterocycles. The molecule has 2 aromatic carbocycles. The Morgan fingerprint density at radius 1 is 0.923 bits per heavy atom. The first-order valence-electron chi connectivity index (χ1n) is 8.37. The zero-order valence-corrected chi connectivity index (χ0v) is 14.3. The van der Waals surface area contributed by atoms with Gasteiger partial charge in [-0.2, -0.15) is 0 Å². The summed E-state index contributed by atoms with van der Waals surface area (Å²) >= 11 is 0. The lowest BCUT2D eigenvalue weighted by molar-refractivity contribution is 0.682. The largest absolute Gasteiger partial charge is 0.337 e. The van der Waals surface area contributed by atoms with E-state index in [9.17, 15) is 9.59 Å². The summed E-state index contributed by atoms with van der Waals surface area (Å²) in [5, 5.41) is 0.420. The minimum absolute atomic E-state index is 0.219. The van der Waals surface area contributed by atoms with Crippen LogP contribution in [0.5, 0.6) is 0 Å². The lowest BCUT2D eigenvalue weighted by Crippen LogP contribution is -2.40. The predicted molar refractivity (Wildman–Crippen MR) is 102 cm³/mol. The van der Waals surface area contributed by atoms with Gasteiger partial charge in [-0.15, -0.1) is 0 Å². The third-order valence-electron chi connectivity index (χ3n) is 4.33. The number of fused-ring (bicyclic) bond motifs is 1. The van der Waals surface area contributed by atoms with Gasteiger partial charge in [-0.1, -0.05) is 48.0 Å². The Morgan fingerprint density at radius 3 is 2.50 bits per heavy atom. The van der Waals surface area contributed by atoms with Crippen LogP contribution >= 0.6 is 0 Å². The van der Waals surface area contributed by atoms with Crippen molar-refractivity contribution < 1.29 is 0 Å². The Kier molecular flexibility index (Phi) is 3.97. The van der Waals surface area contributed by atoms with Crippen molar-refractivity contribution in [1.29, 1.82) is 0 Å². The number of para-hydroxylation sites is 1. The lowest BCUT2D eigenvalue weighted by Gasteiger charge is -2.13. The molecule has 2 aromatic heterocycles. The molecule has 4 rings (SSSR count). The van der Waals surface area contributed by atoms with Crippen LogP contribution in [0.4, 0.5) is 0 Å². The lowest BCUT2D eigenvalue weighted by atomic mass is 10.1. The smallest absolute Gasteiger partial charge is 0.268 e. The minimum Gasteiger partial charge on any atom is -0.268 e. The number of pyridine rings is 1. The third-order valence-corrected chi connectivity index (χ3v) is 4.33. The van der Waals surface area contributed by atoms with Gasteiger partial charge in [0.25, 0.3) is 5.56 Å². The number of aromatic nitrogens is 3. The number of rotatable bonds is 3. The zero-order chi connectivity index (χ0) is 18.1. The second kappa shape index (κ2) is 6.44. The second-order valence-electron chi connectivity index (χ2n) is 6.21. The zero-order valence-electron chi connectivity index (χ0n) is 14.3. The van der Waals surface area contributed by atoms with Crippen molar-refractivity contribution in [3.8, 4) is 5.69 Å². The molecule has 0 aliphatic rings. The fraction of sp³-hybridized carbons (Fsp3) is 0.0952. The highest BCUT2D eigenvalue weighted by Crippen LogP contribution is 2.12. The maximum Gasteiger partial charge on any atom is 0.337 e. The first-order valence-corrected chi connectivity index (χ1v) is 8.37. The van der Waals surface area contributed by atoms with E-state index >= 15 is 0 Å². The summed E-state index contributed by atoms with van der Waals surface area (Å²) in [5.74, 6) is 0. The first-order chi connectivity index (χ1) is 12.6. The molecule has 0 fully saturated rings. The number of nitrogens with zero attached hydrogens (tertiary/aromatic N) is 3. The van der Waals surface area contributed by atoms with Crippen LogP contribution in [0.3, 0.4) is 0 Å². The van der Waals surface area contributed by atoms with Gasteiger partial charge in [0, 0.05) is 6.20 Å². The fourth-order valence-electron chi connectivity index (χ4n) is 3.13. The van der Waals surface area contributed by atoms with Crippen molar-refractivity contribution in [3.05, 3.63) is 105 Å². The molecule has 0 bridgehead atoms. The van der Waals surface area contributed by atoms with Crippen molar-refractivity contribution in [3.63, 3.8) is 0 Å². The molecule has 0 radical (unpaired) electrons. The Balaban J connectivity index is 2.02. The number of aryl methyl sites for hydroxylation is 1. The number of hydrogen-bond donors (Lipinski definition) is 0. The van der Waals surface area contributed by atoms with Crippen molar-refractivity contribution in [2.24, 2.45) is 0 Å². The van der Waals surface area contributed by atoms with Gasteiger partial charge in [0.05, 0.1) is 17.6 Å². The minimum atomic E-state index is -0.395. The summed E-state index contributed by atoms with van der Waals surface area (Å²) in [5.41, 5.74) is 2.32. The molecule has 0 saturated heterocycles. The summed E-state index contributed by atoms with van der Waals surface area (Å²) < 4.78 is 2.76. The van der Waals surface area contributed by atoms with Gasteiger partial charge in [-0.25, -0.2) is 14.3 Å². The molecule has 26 heavy (non-hydrogen) atoms. The molecule has 128 valence electrons. The Morgan fingerprint density at radius 2 is 1.73 bits per heavy atom. The monoisotopic (exact) mass is 343 g/mol. The van der Waals surface area contributed by atoms with Crippen molar-refractivity contribution >= 4 is 11.0 Å². The molecule has 0 N–H and O–H groups in total. The van der Waals surface area contributed by atoms with E-state index in [4.69, 9.17) is 0 Å². The molecule has 2 heterocycles. The van der Waals surface area contributed by atoms with E-state index in [2.05, 4.69) is 4.98 Å². The van der Waals surface area contributed by atoms with Crippen LogP contribution in [0.2, 0.25) is 0 Å². The van der Waals surface area contributed by atoms with Crippen LogP contribution in [0, 0.1) is 6.92 Å². The quantitative estimate of drug-likeness (QED) is 0.575. The van der Waals surface area contributed by atoms with Crippen LogP contribution in [0.15, 0.2) is 82.5 Å². The Labute approximate surface area is 149 Å². The molecular formula is C21H17N3O2. The summed E-state index contributed by atoms with van der Waals surface area (Å²) in [7, 11) is 0. The standard InChI is InChI=1S/C21H17N3O2/c1-15-7-5-8-16(13-15)14-23-20(25)18-11-6-12-22-19(18)24(21(23)26)17-9-3-2-4-10-17/h2-13H,14H2,1H3. The van der Waals surface area contributed by atoms with Crippen LogP contribution in [0.25, 0.3) is 16.7 Å². The van der Waals surface area contributed by atoms with Gasteiger partial charge >= 0.3 is 5.69 Å². The highest BCUT2D eigenvalue weighted by molar-refractivity contribution is 5.75. The average Bonchev–Trinajstić information content (AvgIpc) is 2.66. The topological polar surface area (TPSA) is 56.9 Å². The third kappa shape index (κ3) is 2.73.